The highest BCUT2D eigenvalue weighted by molar-refractivity contribution is 6.31. The lowest BCUT2D eigenvalue weighted by Gasteiger charge is -2.34. The monoisotopic (exact) mass is 270 g/mol. The summed E-state index contributed by atoms with van der Waals surface area (Å²) in [7, 11) is 0. The minimum Gasteiger partial charge on any atom is -0.397 e. The summed E-state index contributed by atoms with van der Waals surface area (Å²) in [6.07, 6.45) is 3.56. The van der Waals surface area contributed by atoms with Crippen LogP contribution in [0.25, 0.3) is 0 Å². The van der Waals surface area contributed by atoms with E-state index in [1.54, 1.807) is 6.07 Å². The SMILES string of the molecule is CC1CCC(Nc2cc(Cl)c(F)cc2N)C(C)C1. The van der Waals surface area contributed by atoms with Gasteiger partial charge in [-0.3, -0.25) is 0 Å². The number of anilines is 2. The fourth-order valence-corrected chi connectivity index (χ4v) is 2.93. The number of benzene rings is 1. The number of halogens is 2. The zero-order chi connectivity index (χ0) is 13.3. The first-order valence-corrected chi connectivity index (χ1v) is 6.86. The molecular weight excluding hydrogens is 251 g/mol. The summed E-state index contributed by atoms with van der Waals surface area (Å²) in [4.78, 5) is 0. The zero-order valence-corrected chi connectivity index (χ0v) is 11.6. The van der Waals surface area contributed by atoms with Crippen molar-refractivity contribution >= 4 is 23.0 Å². The van der Waals surface area contributed by atoms with Crippen LogP contribution in [-0.4, -0.2) is 6.04 Å². The molecule has 2 nitrogen and oxygen atoms in total. The van der Waals surface area contributed by atoms with Gasteiger partial charge >= 0.3 is 0 Å². The van der Waals surface area contributed by atoms with Gasteiger partial charge < -0.3 is 11.1 Å². The van der Waals surface area contributed by atoms with Gasteiger partial charge in [-0.15, -0.1) is 0 Å². The third kappa shape index (κ3) is 2.89. The second kappa shape index (κ2) is 5.35. The van der Waals surface area contributed by atoms with Crippen LogP contribution in [-0.2, 0) is 0 Å². The van der Waals surface area contributed by atoms with E-state index in [9.17, 15) is 4.39 Å². The molecule has 3 unspecified atom stereocenters. The highest BCUT2D eigenvalue weighted by atomic mass is 35.5. The molecule has 1 aliphatic carbocycles. The van der Waals surface area contributed by atoms with E-state index >= 15 is 0 Å². The maximum absolute atomic E-state index is 13.2. The summed E-state index contributed by atoms with van der Waals surface area (Å²) in [5.41, 5.74) is 6.98. The van der Waals surface area contributed by atoms with Gasteiger partial charge in [0.2, 0.25) is 0 Å². The van der Waals surface area contributed by atoms with Crippen molar-refractivity contribution in [3.63, 3.8) is 0 Å². The van der Waals surface area contributed by atoms with E-state index in [0.717, 1.165) is 18.0 Å². The normalized spacial score (nSPS) is 28.1. The van der Waals surface area contributed by atoms with Crippen LogP contribution in [0.15, 0.2) is 12.1 Å². The maximum Gasteiger partial charge on any atom is 0.143 e. The van der Waals surface area contributed by atoms with Crippen molar-refractivity contribution in [3.05, 3.63) is 23.0 Å². The summed E-state index contributed by atoms with van der Waals surface area (Å²) in [6, 6.07) is 3.25. The van der Waals surface area contributed by atoms with Crippen molar-refractivity contribution in [2.24, 2.45) is 11.8 Å². The smallest absolute Gasteiger partial charge is 0.143 e. The Balaban J connectivity index is 2.12. The van der Waals surface area contributed by atoms with Gasteiger partial charge in [-0.2, -0.15) is 0 Å². The zero-order valence-electron chi connectivity index (χ0n) is 10.8. The Morgan fingerprint density at radius 2 is 2.06 bits per heavy atom. The Morgan fingerprint density at radius 3 is 2.72 bits per heavy atom. The van der Waals surface area contributed by atoms with Crippen LogP contribution in [0.4, 0.5) is 15.8 Å². The molecule has 1 aromatic carbocycles. The summed E-state index contributed by atoms with van der Waals surface area (Å²) in [6.45, 7) is 4.53. The molecule has 1 fully saturated rings. The standard InChI is InChI=1S/C14H20ClFN2/c1-8-3-4-13(9(2)5-8)18-14-6-10(15)11(16)7-12(14)17/h6-9,13,18H,3-5,17H2,1-2H3. The Kier molecular flexibility index (Phi) is 4.00. The Morgan fingerprint density at radius 1 is 1.33 bits per heavy atom. The molecule has 100 valence electrons. The average Bonchev–Trinajstić information content (AvgIpc) is 2.29. The van der Waals surface area contributed by atoms with Gasteiger partial charge in [-0.25, -0.2) is 4.39 Å². The number of hydrogen-bond acceptors (Lipinski definition) is 2. The van der Waals surface area contributed by atoms with E-state index in [-0.39, 0.29) is 5.02 Å². The van der Waals surface area contributed by atoms with Crippen LogP contribution < -0.4 is 11.1 Å². The quantitative estimate of drug-likeness (QED) is 0.787. The van der Waals surface area contributed by atoms with Gasteiger partial charge in [0, 0.05) is 12.1 Å². The first kappa shape index (κ1) is 13.5. The van der Waals surface area contributed by atoms with Gasteiger partial charge in [0.15, 0.2) is 0 Å². The van der Waals surface area contributed by atoms with E-state index in [1.807, 2.05) is 0 Å². The van der Waals surface area contributed by atoms with Gasteiger partial charge in [0.25, 0.3) is 0 Å². The van der Waals surface area contributed by atoms with Gasteiger partial charge in [0.05, 0.1) is 16.4 Å². The number of nitrogens with two attached hydrogens (primary N) is 1. The second-order valence-electron chi connectivity index (χ2n) is 5.50. The molecule has 4 heteroatoms. The van der Waals surface area contributed by atoms with E-state index in [1.165, 1.54) is 18.9 Å². The molecule has 0 aliphatic heterocycles. The Hall–Kier alpha value is -0.960. The first-order valence-electron chi connectivity index (χ1n) is 6.48. The van der Waals surface area contributed by atoms with Crippen LogP contribution in [0, 0.1) is 17.7 Å². The molecule has 1 aromatic rings. The summed E-state index contributed by atoms with van der Waals surface area (Å²) in [5.74, 6) is 0.911. The van der Waals surface area contributed by atoms with E-state index in [0.29, 0.717) is 17.6 Å². The second-order valence-corrected chi connectivity index (χ2v) is 5.91. The van der Waals surface area contributed by atoms with Crippen LogP contribution in [0.3, 0.4) is 0 Å². The van der Waals surface area contributed by atoms with E-state index < -0.39 is 5.82 Å². The predicted octanol–water partition coefficient (Wildman–Crippen LogP) is 4.30. The average molecular weight is 271 g/mol. The first-order chi connectivity index (χ1) is 8.47. The van der Waals surface area contributed by atoms with Gasteiger partial charge in [0.1, 0.15) is 5.82 Å². The van der Waals surface area contributed by atoms with Crippen LogP contribution in [0.1, 0.15) is 33.1 Å². The van der Waals surface area contributed by atoms with Crippen molar-refractivity contribution in [3.8, 4) is 0 Å². The molecule has 2 rings (SSSR count). The molecule has 0 heterocycles. The summed E-state index contributed by atoms with van der Waals surface area (Å²) < 4.78 is 13.2. The lowest BCUT2D eigenvalue weighted by molar-refractivity contribution is 0.276. The highest BCUT2D eigenvalue weighted by Crippen LogP contribution is 2.33. The highest BCUT2D eigenvalue weighted by Gasteiger charge is 2.25. The number of nitrogen functional groups attached to an aromatic ring is 1. The molecule has 0 bridgehead atoms. The van der Waals surface area contributed by atoms with Crippen LogP contribution in [0.2, 0.25) is 5.02 Å². The molecule has 0 spiro atoms. The van der Waals surface area contributed by atoms with Crippen LogP contribution >= 0.6 is 11.6 Å². The molecule has 0 radical (unpaired) electrons. The van der Waals surface area contributed by atoms with E-state index in [2.05, 4.69) is 19.2 Å². The number of nitrogens with one attached hydrogen (secondary N) is 1. The largest absolute Gasteiger partial charge is 0.397 e. The molecule has 0 amide bonds. The number of hydrogen-bond donors (Lipinski definition) is 2. The lowest BCUT2D eigenvalue weighted by atomic mass is 9.80. The minimum atomic E-state index is -0.468. The number of rotatable bonds is 2. The van der Waals surface area contributed by atoms with Crippen molar-refractivity contribution in [2.75, 3.05) is 11.1 Å². The molecule has 1 aliphatic rings. The van der Waals surface area contributed by atoms with Crippen molar-refractivity contribution in [2.45, 2.75) is 39.2 Å². The fourth-order valence-electron chi connectivity index (χ4n) is 2.77. The third-order valence-electron chi connectivity index (χ3n) is 3.86. The molecule has 1 saturated carbocycles. The third-order valence-corrected chi connectivity index (χ3v) is 4.15. The van der Waals surface area contributed by atoms with Crippen molar-refractivity contribution in [1.29, 1.82) is 0 Å². The molecule has 18 heavy (non-hydrogen) atoms. The lowest BCUT2D eigenvalue weighted by Crippen LogP contribution is -2.33. The van der Waals surface area contributed by atoms with Gasteiger partial charge in [-0.1, -0.05) is 25.4 Å². The topological polar surface area (TPSA) is 38.0 Å². The molecule has 0 saturated heterocycles. The maximum atomic E-state index is 13.2. The molecule has 3 N–H and O–H groups in total. The van der Waals surface area contributed by atoms with Crippen molar-refractivity contribution < 1.29 is 4.39 Å². The Labute approximate surface area is 113 Å². The summed E-state index contributed by atoms with van der Waals surface area (Å²) in [5, 5.41) is 3.53. The van der Waals surface area contributed by atoms with Crippen molar-refractivity contribution in [1.82, 2.24) is 0 Å². The van der Waals surface area contributed by atoms with E-state index in [4.69, 9.17) is 17.3 Å². The van der Waals surface area contributed by atoms with Gasteiger partial charge in [-0.05, 0) is 37.2 Å². The minimum absolute atomic E-state index is 0.114. The Bertz CT molecular complexity index is 436. The molecular formula is C14H20ClFN2. The molecule has 0 aromatic heterocycles. The fraction of sp³-hybridized carbons (Fsp3) is 0.571. The van der Waals surface area contributed by atoms with Crippen LogP contribution in [0.5, 0.6) is 0 Å². The molecule has 3 atom stereocenters. The summed E-state index contributed by atoms with van der Waals surface area (Å²) >= 11 is 5.79. The predicted molar refractivity (Wildman–Crippen MR) is 75.4 cm³/mol.